The van der Waals surface area contributed by atoms with Gasteiger partial charge in [-0.2, -0.15) is 0 Å². The quantitative estimate of drug-likeness (QED) is 0.417. The molecule has 2 nitrogen and oxygen atoms in total. The van der Waals surface area contributed by atoms with Gasteiger partial charge in [-0.25, -0.2) is 0 Å². The zero-order valence-electron chi connectivity index (χ0n) is 4.99. The van der Waals surface area contributed by atoms with Gasteiger partial charge in [0, 0.05) is 10.2 Å². The predicted octanol–water partition coefficient (Wildman–Crippen LogP) is 0.157. The van der Waals surface area contributed by atoms with Crippen LogP contribution in [0.3, 0.4) is 0 Å². The molecule has 0 fully saturated rings. The minimum absolute atomic E-state index is 0. The smallest absolute Gasteiger partial charge is 0.742 e. The molecule has 0 aromatic rings. The summed E-state index contributed by atoms with van der Waals surface area (Å²) < 4.78 is 0. The summed E-state index contributed by atoms with van der Waals surface area (Å²) in [6.07, 6.45) is 0. The van der Waals surface area contributed by atoms with Crippen LogP contribution in [0, 0.1) is 0 Å². The standard InChI is InChI=1S/2C2H4OS.Fe/c2*1-2(3)4;/h2*1H3,(H,3,4);/q;;+2/p-2. The minimum Gasteiger partial charge on any atom is -0.742 e. The van der Waals surface area contributed by atoms with Gasteiger partial charge in [-0.05, 0) is 13.8 Å². The second-order valence-corrected chi connectivity index (χ2v) is 2.13. The summed E-state index contributed by atoms with van der Waals surface area (Å²) in [6, 6.07) is 0. The molecule has 0 aliphatic rings. The Balaban J connectivity index is -0.0000000720. The first-order valence-electron chi connectivity index (χ1n) is 1.82. The van der Waals surface area contributed by atoms with Crippen LogP contribution in [-0.2, 0) is 51.9 Å². The van der Waals surface area contributed by atoms with Gasteiger partial charge in [-0.1, -0.05) is 0 Å². The summed E-state index contributed by atoms with van der Waals surface area (Å²) in [5.74, 6) is 0. The molecule has 0 unspecified atom stereocenters. The van der Waals surface area contributed by atoms with Crippen LogP contribution in [0.4, 0.5) is 0 Å². The van der Waals surface area contributed by atoms with Gasteiger partial charge in [0.25, 0.3) is 0 Å². The van der Waals surface area contributed by atoms with Crippen LogP contribution in [0.15, 0.2) is 0 Å². The van der Waals surface area contributed by atoms with Gasteiger partial charge in [-0.15, -0.1) is 0 Å². The van der Waals surface area contributed by atoms with Crippen molar-refractivity contribution in [1.29, 1.82) is 0 Å². The molecular formula is C4H6FeO2S2. The van der Waals surface area contributed by atoms with E-state index in [2.05, 4.69) is 25.3 Å². The predicted molar refractivity (Wildman–Crippen MR) is 36.1 cm³/mol. The molecule has 0 saturated heterocycles. The van der Waals surface area contributed by atoms with Crippen molar-refractivity contribution >= 4 is 35.5 Å². The Bertz CT molecular complexity index is 74.6. The van der Waals surface area contributed by atoms with Gasteiger partial charge < -0.3 is 34.8 Å². The fourth-order valence-corrected chi connectivity index (χ4v) is 0. The van der Waals surface area contributed by atoms with Gasteiger partial charge in [0.05, 0.1) is 0 Å². The van der Waals surface area contributed by atoms with E-state index in [-0.39, 0.29) is 27.3 Å². The minimum atomic E-state index is -0.250. The number of carbonyl (C=O) groups excluding carboxylic acids is 2. The van der Waals surface area contributed by atoms with E-state index in [0.717, 1.165) is 0 Å². The molecule has 54 valence electrons. The molecule has 0 aliphatic heterocycles. The number of hydrogen-bond donors (Lipinski definition) is 0. The molecule has 0 N–H and O–H groups in total. The van der Waals surface area contributed by atoms with Crippen molar-refractivity contribution in [3.05, 3.63) is 0 Å². The Kier molecular flexibility index (Phi) is 20.0. The number of rotatable bonds is 0. The summed E-state index contributed by atoms with van der Waals surface area (Å²) in [5.41, 5.74) is 0. The van der Waals surface area contributed by atoms with E-state index in [9.17, 15) is 9.59 Å². The molecular weight excluding hydrogens is 200 g/mol. The van der Waals surface area contributed by atoms with Crippen molar-refractivity contribution in [3.8, 4) is 0 Å². The largest absolute Gasteiger partial charge is 2.00 e. The fourth-order valence-electron chi connectivity index (χ4n) is 0. The average molecular weight is 206 g/mol. The van der Waals surface area contributed by atoms with Gasteiger partial charge in [0.15, 0.2) is 0 Å². The number of carbonyl (C=O) groups is 2. The molecule has 0 bridgehead atoms. The van der Waals surface area contributed by atoms with E-state index in [1.165, 1.54) is 13.8 Å². The van der Waals surface area contributed by atoms with Crippen molar-refractivity contribution in [2.24, 2.45) is 0 Å². The van der Waals surface area contributed by atoms with Gasteiger partial charge in [0.2, 0.25) is 0 Å². The van der Waals surface area contributed by atoms with E-state index in [4.69, 9.17) is 0 Å². The van der Waals surface area contributed by atoms with Crippen LogP contribution >= 0.6 is 0 Å². The average Bonchev–Trinajstić information content (AvgIpc) is 1.25. The molecule has 5 heteroatoms. The van der Waals surface area contributed by atoms with Crippen molar-refractivity contribution in [2.75, 3.05) is 0 Å². The molecule has 0 aromatic carbocycles. The maximum Gasteiger partial charge on any atom is 2.00 e. The summed E-state index contributed by atoms with van der Waals surface area (Å²) >= 11 is 7.96. The normalized spacial score (nSPS) is 5.56. The van der Waals surface area contributed by atoms with E-state index in [1.54, 1.807) is 0 Å². The van der Waals surface area contributed by atoms with Crippen LogP contribution in [-0.4, -0.2) is 10.2 Å². The van der Waals surface area contributed by atoms with E-state index < -0.39 is 0 Å². The molecule has 0 radical (unpaired) electrons. The molecule has 0 aliphatic carbocycles. The molecule has 9 heavy (non-hydrogen) atoms. The molecule has 0 rings (SSSR count). The second-order valence-electron chi connectivity index (χ2n) is 0.983. The van der Waals surface area contributed by atoms with Gasteiger partial charge in [-0.3, -0.25) is 0 Å². The van der Waals surface area contributed by atoms with E-state index in [0.29, 0.717) is 0 Å². The Morgan fingerprint density at radius 2 is 1.00 bits per heavy atom. The first kappa shape index (κ1) is 16.1. The third-order valence-corrected chi connectivity index (χ3v) is 0. The van der Waals surface area contributed by atoms with Crippen molar-refractivity contribution in [2.45, 2.75) is 13.8 Å². The SMILES string of the molecule is CC(=O)[S-].CC(=O)[S-].[Fe+2]. The van der Waals surface area contributed by atoms with E-state index >= 15 is 0 Å². The molecule has 0 saturated carbocycles. The Morgan fingerprint density at radius 3 is 1.00 bits per heavy atom. The first-order valence-corrected chi connectivity index (χ1v) is 2.63. The van der Waals surface area contributed by atoms with Gasteiger partial charge >= 0.3 is 17.1 Å². The van der Waals surface area contributed by atoms with Crippen LogP contribution in [0.25, 0.3) is 0 Å². The van der Waals surface area contributed by atoms with Crippen molar-refractivity contribution < 1.29 is 26.7 Å². The second kappa shape index (κ2) is 11.1. The molecule has 0 heterocycles. The third kappa shape index (κ3) is 3670. The number of hydrogen-bond acceptors (Lipinski definition) is 4. The van der Waals surface area contributed by atoms with Gasteiger partial charge in [0.1, 0.15) is 0 Å². The van der Waals surface area contributed by atoms with Crippen molar-refractivity contribution in [3.63, 3.8) is 0 Å². The van der Waals surface area contributed by atoms with Crippen LogP contribution in [0.1, 0.15) is 13.8 Å². The maximum absolute atomic E-state index is 9.26. The molecule has 0 amide bonds. The Labute approximate surface area is 76.1 Å². The fraction of sp³-hybridized carbons (Fsp3) is 0.500. The van der Waals surface area contributed by atoms with Crippen LogP contribution in [0.5, 0.6) is 0 Å². The first-order chi connectivity index (χ1) is 3.46. The third-order valence-electron chi connectivity index (χ3n) is 0. The molecule has 0 aromatic heterocycles. The van der Waals surface area contributed by atoms with Crippen molar-refractivity contribution in [1.82, 2.24) is 0 Å². The zero-order valence-corrected chi connectivity index (χ0v) is 7.72. The molecule has 0 spiro atoms. The summed E-state index contributed by atoms with van der Waals surface area (Å²) in [6.45, 7) is 2.69. The molecule has 0 atom stereocenters. The van der Waals surface area contributed by atoms with E-state index in [1.807, 2.05) is 0 Å². The summed E-state index contributed by atoms with van der Waals surface area (Å²) in [4.78, 5) is 18.5. The Hall–Kier alpha value is 0.299. The zero-order chi connectivity index (χ0) is 7.15. The van der Waals surface area contributed by atoms with Crippen LogP contribution in [0.2, 0.25) is 0 Å². The maximum atomic E-state index is 9.26. The van der Waals surface area contributed by atoms with Crippen LogP contribution < -0.4 is 0 Å². The summed E-state index contributed by atoms with van der Waals surface area (Å²) in [5, 5.41) is -0.500. The Morgan fingerprint density at radius 1 is 1.00 bits per heavy atom. The monoisotopic (exact) mass is 206 g/mol. The topological polar surface area (TPSA) is 34.1 Å². The summed E-state index contributed by atoms with van der Waals surface area (Å²) in [7, 11) is 0.